The largest absolute Gasteiger partial charge is 0.348 e. The number of rotatable bonds is 3. The molecule has 0 atom stereocenters. The average Bonchev–Trinajstić information content (AvgIpc) is 2.71. The molecule has 2 rings (SSSR count). The molecule has 1 heterocycles. The van der Waals surface area contributed by atoms with Crippen LogP contribution in [-0.4, -0.2) is 48.1 Å². The highest BCUT2D eigenvalue weighted by molar-refractivity contribution is 7.80. The molecule has 128 valence electrons. The SMILES string of the molecule is CC(C)c1cccc(C(C)C)c1NC(=S)N1CCCN(C)CC1. The molecule has 1 aliphatic rings. The molecular weight excluding hydrogens is 302 g/mol. The van der Waals surface area contributed by atoms with E-state index in [1.165, 1.54) is 23.2 Å². The second-order valence-corrected chi connectivity index (χ2v) is 7.58. The lowest BCUT2D eigenvalue weighted by molar-refractivity contribution is 0.347. The molecule has 1 N–H and O–H groups in total. The van der Waals surface area contributed by atoms with Crippen molar-refractivity contribution in [2.75, 3.05) is 38.5 Å². The number of thiocarbonyl (C=S) groups is 1. The number of nitrogens with zero attached hydrogens (tertiary/aromatic N) is 2. The maximum atomic E-state index is 5.74. The summed E-state index contributed by atoms with van der Waals surface area (Å²) in [5.74, 6) is 0.962. The van der Waals surface area contributed by atoms with Gasteiger partial charge in [-0.3, -0.25) is 0 Å². The molecule has 0 aliphatic carbocycles. The smallest absolute Gasteiger partial charge is 0.173 e. The maximum Gasteiger partial charge on any atom is 0.173 e. The van der Waals surface area contributed by atoms with Crippen molar-refractivity contribution in [2.24, 2.45) is 0 Å². The number of anilines is 1. The first-order valence-electron chi connectivity index (χ1n) is 8.77. The van der Waals surface area contributed by atoms with Crippen molar-refractivity contribution >= 4 is 23.0 Å². The summed E-state index contributed by atoms with van der Waals surface area (Å²) in [6.07, 6.45) is 1.17. The third-order valence-electron chi connectivity index (χ3n) is 4.61. The second-order valence-electron chi connectivity index (χ2n) is 7.19. The topological polar surface area (TPSA) is 18.5 Å². The van der Waals surface area contributed by atoms with E-state index in [1.54, 1.807) is 0 Å². The van der Waals surface area contributed by atoms with Gasteiger partial charge in [-0.25, -0.2) is 0 Å². The minimum Gasteiger partial charge on any atom is -0.348 e. The van der Waals surface area contributed by atoms with E-state index in [-0.39, 0.29) is 0 Å². The summed E-state index contributed by atoms with van der Waals surface area (Å²) in [6, 6.07) is 6.61. The van der Waals surface area contributed by atoms with Gasteiger partial charge < -0.3 is 15.1 Å². The van der Waals surface area contributed by atoms with E-state index in [0.29, 0.717) is 11.8 Å². The normalized spacial score (nSPS) is 16.7. The predicted molar refractivity (Wildman–Crippen MR) is 105 cm³/mol. The van der Waals surface area contributed by atoms with Gasteiger partial charge in [0.2, 0.25) is 0 Å². The van der Waals surface area contributed by atoms with Crippen LogP contribution < -0.4 is 5.32 Å². The van der Waals surface area contributed by atoms with Crippen molar-refractivity contribution in [3.63, 3.8) is 0 Å². The molecule has 0 amide bonds. The first-order chi connectivity index (χ1) is 10.9. The number of likely N-dealkylation sites (N-methyl/N-ethyl adjacent to an activating group) is 1. The minimum absolute atomic E-state index is 0.481. The Hall–Kier alpha value is -1.13. The van der Waals surface area contributed by atoms with Crippen molar-refractivity contribution in [3.05, 3.63) is 29.3 Å². The van der Waals surface area contributed by atoms with Crippen LogP contribution in [0.4, 0.5) is 5.69 Å². The van der Waals surface area contributed by atoms with E-state index < -0.39 is 0 Å². The molecular formula is C19H31N3S. The number of hydrogen-bond donors (Lipinski definition) is 1. The Balaban J connectivity index is 2.22. The van der Waals surface area contributed by atoms with Gasteiger partial charge in [0.25, 0.3) is 0 Å². The lowest BCUT2D eigenvalue weighted by Gasteiger charge is -2.27. The predicted octanol–water partition coefficient (Wildman–Crippen LogP) is 4.27. The zero-order valence-electron chi connectivity index (χ0n) is 15.2. The quantitative estimate of drug-likeness (QED) is 0.832. The van der Waals surface area contributed by atoms with Crippen LogP contribution in [0.3, 0.4) is 0 Å². The second kappa shape index (κ2) is 8.11. The summed E-state index contributed by atoms with van der Waals surface area (Å²) in [7, 11) is 2.19. The molecule has 0 saturated carbocycles. The zero-order valence-corrected chi connectivity index (χ0v) is 16.0. The maximum absolute atomic E-state index is 5.74. The molecule has 3 nitrogen and oxygen atoms in total. The number of benzene rings is 1. The molecule has 1 aromatic carbocycles. The zero-order chi connectivity index (χ0) is 17.0. The van der Waals surface area contributed by atoms with Crippen LogP contribution in [-0.2, 0) is 0 Å². The number of nitrogens with one attached hydrogen (secondary N) is 1. The van der Waals surface area contributed by atoms with Gasteiger partial charge in [0, 0.05) is 25.3 Å². The van der Waals surface area contributed by atoms with Crippen molar-refractivity contribution in [3.8, 4) is 0 Å². The molecule has 1 aliphatic heterocycles. The summed E-state index contributed by atoms with van der Waals surface area (Å²) in [5.41, 5.74) is 3.93. The molecule has 1 saturated heterocycles. The van der Waals surface area contributed by atoms with Crippen molar-refractivity contribution in [1.82, 2.24) is 9.80 Å². The van der Waals surface area contributed by atoms with Crippen LogP contribution in [0.25, 0.3) is 0 Å². The van der Waals surface area contributed by atoms with E-state index in [0.717, 1.165) is 31.3 Å². The lowest BCUT2D eigenvalue weighted by Crippen LogP contribution is -2.37. The Labute approximate surface area is 147 Å². The van der Waals surface area contributed by atoms with Gasteiger partial charge in [-0.2, -0.15) is 0 Å². The van der Waals surface area contributed by atoms with Gasteiger partial charge in [-0.15, -0.1) is 0 Å². The highest BCUT2D eigenvalue weighted by Gasteiger charge is 2.19. The fourth-order valence-electron chi connectivity index (χ4n) is 3.13. The lowest BCUT2D eigenvalue weighted by atomic mass is 9.93. The molecule has 4 heteroatoms. The summed E-state index contributed by atoms with van der Waals surface area (Å²) in [5, 5.41) is 4.46. The molecule has 0 spiro atoms. The van der Waals surface area contributed by atoms with Crippen molar-refractivity contribution in [1.29, 1.82) is 0 Å². The Morgan fingerprint density at radius 2 is 1.61 bits per heavy atom. The van der Waals surface area contributed by atoms with Crippen LogP contribution in [0.5, 0.6) is 0 Å². The Morgan fingerprint density at radius 1 is 1.00 bits per heavy atom. The third kappa shape index (κ3) is 4.67. The monoisotopic (exact) mass is 333 g/mol. The Bertz CT molecular complexity index is 513. The molecule has 0 bridgehead atoms. The fraction of sp³-hybridized carbons (Fsp3) is 0.632. The van der Waals surface area contributed by atoms with Gasteiger partial charge in [0.05, 0.1) is 0 Å². The molecule has 0 radical (unpaired) electrons. The fourth-order valence-corrected chi connectivity index (χ4v) is 3.42. The van der Waals surface area contributed by atoms with Gasteiger partial charge in [0.1, 0.15) is 0 Å². The van der Waals surface area contributed by atoms with Crippen LogP contribution in [0.1, 0.15) is 57.1 Å². The van der Waals surface area contributed by atoms with Crippen LogP contribution in [0, 0.1) is 0 Å². The van der Waals surface area contributed by atoms with E-state index >= 15 is 0 Å². The van der Waals surface area contributed by atoms with Gasteiger partial charge in [-0.1, -0.05) is 45.9 Å². The highest BCUT2D eigenvalue weighted by atomic mass is 32.1. The van der Waals surface area contributed by atoms with Gasteiger partial charge in [0.15, 0.2) is 5.11 Å². The highest BCUT2D eigenvalue weighted by Crippen LogP contribution is 2.32. The van der Waals surface area contributed by atoms with Crippen LogP contribution in [0.2, 0.25) is 0 Å². The van der Waals surface area contributed by atoms with Crippen LogP contribution in [0.15, 0.2) is 18.2 Å². The summed E-state index contributed by atoms with van der Waals surface area (Å²) >= 11 is 5.74. The molecule has 0 unspecified atom stereocenters. The standard InChI is InChI=1S/C19H31N3S/c1-14(2)16-8-6-9-17(15(3)4)18(16)20-19(23)22-11-7-10-21(5)12-13-22/h6,8-9,14-15H,7,10-13H2,1-5H3,(H,20,23). The Kier molecular flexibility index (Phi) is 6.42. The van der Waals surface area contributed by atoms with Gasteiger partial charge >= 0.3 is 0 Å². The number of para-hydroxylation sites is 1. The Morgan fingerprint density at radius 3 is 2.17 bits per heavy atom. The first-order valence-corrected chi connectivity index (χ1v) is 9.18. The van der Waals surface area contributed by atoms with E-state index in [1.807, 2.05) is 0 Å². The van der Waals surface area contributed by atoms with E-state index in [2.05, 4.69) is 68.1 Å². The first kappa shape index (κ1) is 18.2. The molecule has 0 aromatic heterocycles. The molecule has 23 heavy (non-hydrogen) atoms. The summed E-state index contributed by atoms with van der Waals surface area (Å²) in [4.78, 5) is 4.70. The van der Waals surface area contributed by atoms with Gasteiger partial charge in [-0.05, 0) is 55.2 Å². The van der Waals surface area contributed by atoms with E-state index in [9.17, 15) is 0 Å². The van der Waals surface area contributed by atoms with Crippen molar-refractivity contribution in [2.45, 2.75) is 46.0 Å². The van der Waals surface area contributed by atoms with Crippen molar-refractivity contribution < 1.29 is 0 Å². The van der Waals surface area contributed by atoms with E-state index in [4.69, 9.17) is 12.2 Å². The summed E-state index contributed by atoms with van der Waals surface area (Å²) < 4.78 is 0. The third-order valence-corrected chi connectivity index (χ3v) is 4.97. The molecule has 1 aromatic rings. The average molecular weight is 334 g/mol. The summed E-state index contributed by atoms with van der Waals surface area (Å²) in [6.45, 7) is 13.2. The number of hydrogen-bond acceptors (Lipinski definition) is 2. The molecule has 1 fully saturated rings. The minimum atomic E-state index is 0.481. The van der Waals surface area contributed by atoms with Crippen LogP contribution >= 0.6 is 12.2 Å².